The Morgan fingerprint density at radius 1 is 1.12 bits per heavy atom. The second-order valence-corrected chi connectivity index (χ2v) is 5.36. The largest absolute Gasteiger partial charge is 0.375 e. The molecular weight excluding hydrogens is 212 g/mol. The molecule has 2 aliphatic heterocycles. The molecule has 2 nitrogen and oxygen atoms in total. The molecule has 2 bridgehead atoms. The number of rotatable bonds is 2. The van der Waals surface area contributed by atoms with E-state index in [1.165, 1.54) is 5.56 Å². The maximum absolute atomic E-state index is 12.4. The summed E-state index contributed by atoms with van der Waals surface area (Å²) in [6.07, 6.45) is 4.80. The van der Waals surface area contributed by atoms with Crippen LogP contribution in [0.25, 0.3) is 0 Å². The van der Waals surface area contributed by atoms with Gasteiger partial charge in [0.25, 0.3) is 0 Å². The summed E-state index contributed by atoms with van der Waals surface area (Å²) in [5.74, 6) is 0.495. The molecule has 2 aliphatic rings. The van der Waals surface area contributed by atoms with Crippen LogP contribution in [0, 0.1) is 12.8 Å². The lowest BCUT2D eigenvalue weighted by molar-refractivity contribution is -0.0149. The number of aryl methyl sites for hydroxylation is 1. The number of carbonyl (C=O) groups excluding carboxylic acids is 1. The number of ketones is 1. The normalized spacial score (nSPS) is 31.5. The van der Waals surface area contributed by atoms with Crippen LogP contribution in [-0.4, -0.2) is 18.0 Å². The van der Waals surface area contributed by atoms with Gasteiger partial charge in [-0.15, -0.1) is 0 Å². The lowest BCUT2D eigenvalue weighted by atomic mass is 9.88. The van der Waals surface area contributed by atoms with Gasteiger partial charge in [-0.25, -0.2) is 0 Å². The highest BCUT2D eigenvalue weighted by Gasteiger charge is 2.38. The van der Waals surface area contributed by atoms with Gasteiger partial charge in [0.2, 0.25) is 0 Å². The van der Waals surface area contributed by atoms with Gasteiger partial charge in [-0.3, -0.25) is 4.79 Å². The molecule has 0 aromatic heterocycles. The molecule has 90 valence electrons. The van der Waals surface area contributed by atoms with Crippen LogP contribution in [-0.2, 0) is 4.74 Å². The average molecular weight is 230 g/mol. The molecule has 2 heterocycles. The number of hydrogen-bond donors (Lipinski definition) is 0. The maximum atomic E-state index is 12.4. The van der Waals surface area contributed by atoms with E-state index < -0.39 is 0 Å². The fourth-order valence-electron chi connectivity index (χ4n) is 3.03. The number of benzene rings is 1. The third-order valence-corrected chi connectivity index (χ3v) is 4.00. The Morgan fingerprint density at radius 2 is 1.71 bits per heavy atom. The van der Waals surface area contributed by atoms with E-state index in [2.05, 4.69) is 0 Å². The zero-order chi connectivity index (χ0) is 11.8. The van der Waals surface area contributed by atoms with Gasteiger partial charge in [-0.05, 0) is 32.6 Å². The van der Waals surface area contributed by atoms with Crippen molar-refractivity contribution in [3.63, 3.8) is 0 Å². The smallest absolute Gasteiger partial charge is 0.166 e. The van der Waals surface area contributed by atoms with Gasteiger partial charge < -0.3 is 4.74 Å². The molecule has 0 aliphatic carbocycles. The van der Waals surface area contributed by atoms with Crippen LogP contribution in [0.15, 0.2) is 24.3 Å². The topological polar surface area (TPSA) is 26.3 Å². The Labute approximate surface area is 102 Å². The molecule has 2 unspecified atom stereocenters. The fourth-order valence-corrected chi connectivity index (χ4v) is 3.03. The molecule has 2 heteroatoms. The average Bonchev–Trinajstić information content (AvgIpc) is 2.68. The lowest BCUT2D eigenvalue weighted by Crippen LogP contribution is -2.30. The van der Waals surface area contributed by atoms with Crippen LogP contribution < -0.4 is 0 Å². The van der Waals surface area contributed by atoms with E-state index in [4.69, 9.17) is 4.74 Å². The summed E-state index contributed by atoms with van der Waals surface area (Å²) in [5.41, 5.74) is 2.07. The van der Waals surface area contributed by atoms with Crippen LogP contribution in [0.2, 0.25) is 0 Å². The third kappa shape index (κ3) is 2.14. The quantitative estimate of drug-likeness (QED) is 0.730. The number of ether oxygens (including phenoxy) is 1. The minimum Gasteiger partial charge on any atom is -0.375 e. The molecule has 1 aromatic carbocycles. The molecule has 0 spiro atoms. The van der Waals surface area contributed by atoms with Crippen molar-refractivity contribution >= 4 is 5.78 Å². The zero-order valence-electron chi connectivity index (χ0n) is 10.2. The van der Waals surface area contributed by atoms with Gasteiger partial charge in [0.1, 0.15) is 0 Å². The minimum absolute atomic E-state index is 0.184. The predicted octanol–water partition coefficient (Wildman–Crippen LogP) is 3.14. The highest BCUT2D eigenvalue weighted by Crippen LogP contribution is 2.37. The van der Waals surface area contributed by atoms with Crippen molar-refractivity contribution in [3.05, 3.63) is 35.4 Å². The Balaban J connectivity index is 1.76. The van der Waals surface area contributed by atoms with Crippen molar-refractivity contribution < 1.29 is 9.53 Å². The number of hydrogen-bond acceptors (Lipinski definition) is 2. The van der Waals surface area contributed by atoms with E-state index in [1.807, 2.05) is 31.2 Å². The van der Waals surface area contributed by atoms with E-state index in [0.717, 1.165) is 31.2 Å². The van der Waals surface area contributed by atoms with E-state index in [1.54, 1.807) is 0 Å². The summed E-state index contributed by atoms with van der Waals surface area (Å²) >= 11 is 0. The first-order chi connectivity index (χ1) is 8.22. The highest BCUT2D eigenvalue weighted by molar-refractivity contribution is 5.98. The van der Waals surface area contributed by atoms with Crippen molar-refractivity contribution in [1.29, 1.82) is 0 Å². The summed E-state index contributed by atoms with van der Waals surface area (Å²) in [6.45, 7) is 2.04. The summed E-state index contributed by atoms with van der Waals surface area (Å²) in [4.78, 5) is 12.4. The van der Waals surface area contributed by atoms with E-state index >= 15 is 0 Å². The standard InChI is InChI=1S/C15H18O2/c1-10-2-4-11(5-3-10)15(16)12-8-13-6-7-14(9-12)17-13/h2-5,12-14H,6-9H2,1H3. The Kier molecular flexibility index (Phi) is 2.75. The molecule has 2 atom stereocenters. The monoisotopic (exact) mass is 230 g/mol. The van der Waals surface area contributed by atoms with Gasteiger partial charge in [0.15, 0.2) is 5.78 Å². The number of Topliss-reactive ketones (excluding diaryl/α,β-unsaturated/α-hetero) is 1. The first-order valence-corrected chi connectivity index (χ1v) is 6.49. The SMILES string of the molecule is Cc1ccc(C(=O)C2CC3CCC(C2)O3)cc1. The minimum atomic E-state index is 0.184. The van der Waals surface area contributed by atoms with Crippen molar-refractivity contribution in [2.75, 3.05) is 0 Å². The van der Waals surface area contributed by atoms with Gasteiger partial charge in [-0.1, -0.05) is 29.8 Å². The maximum Gasteiger partial charge on any atom is 0.166 e. The second-order valence-electron chi connectivity index (χ2n) is 5.36. The first kappa shape index (κ1) is 11.0. The molecule has 0 amide bonds. The summed E-state index contributed by atoms with van der Waals surface area (Å²) in [6, 6.07) is 7.94. The Morgan fingerprint density at radius 3 is 2.29 bits per heavy atom. The fraction of sp³-hybridized carbons (Fsp3) is 0.533. The zero-order valence-corrected chi connectivity index (χ0v) is 10.2. The van der Waals surface area contributed by atoms with Crippen molar-refractivity contribution in [1.82, 2.24) is 0 Å². The Hall–Kier alpha value is -1.15. The van der Waals surface area contributed by atoms with E-state index in [0.29, 0.717) is 18.0 Å². The second kappa shape index (κ2) is 4.26. The highest BCUT2D eigenvalue weighted by atomic mass is 16.5. The van der Waals surface area contributed by atoms with Crippen LogP contribution in [0.5, 0.6) is 0 Å². The summed E-state index contributed by atoms with van der Waals surface area (Å²) in [5, 5.41) is 0. The van der Waals surface area contributed by atoms with Crippen molar-refractivity contribution in [2.24, 2.45) is 5.92 Å². The number of carbonyl (C=O) groups is 1. The molecular formula is C15H18O2. The summed E-state index contributed by atoms with van der Waals surface area (Å²) < 4.78 is 5.78. The molecule has 17 heavy (non-hydrogen) atoms. The van der Waals surface area contributed by atoms with Crippen LogP contribution in [0.4, 0.5) is 0 Å². The predicted molar refractivity (Wildman–Crippen MR) is 66.1 cm³/mol. The molecule has 0 N–H and O–H groups in total. The molecule has 2 saturated heterocycles. The molecule has 2 fully saturated rings. The van der Waals surface area contributed by atoms with E-state index in [-0.39, 0.29) is 5.92 Å². The van der Waals surface area contributed by atoms with Crippen LogP contribution >= 0.6 is 0 Å². The number of fused-ring (bicyclic) bond motifs is 2. The Bertz CT molecular complexity index is 409. The molecule has 1 aromatic rings. The molecule has 3 rings (SSSR count). The lowest BCUT2D eigenvalue weighted by Gasteiger charge is -2.27. The molecule has 0 radical (unpaired) electrons. The van der Waals surface area contributed by atoms with Gasteiger partial charge in [-0.2, -0.15) is 0 Å². The van der Waals surface area contributed by atoms with Crippen LogP contribution in [0.1, 0.15) is 41.6 Å². The van der Waals surface area contributed by atoms with Crippen molar-refractivity contribution in [3.8, 4) is 0 Å². The molecule has 0 saturated carbocycles. The van der Waals surface area contributed by atoms with Crippen LogP contribution in [0.3, 0.4) is 0 Å². The van der Waals surface area contributed by atoms with Gasteiger partial charge in [0, 0.05) is 11.5 Å². The van der Waals surface area contributed by atoms with Gasteiger partial charge in [0.05, 0.1) is 12.2 Å². The van der Waals surface area contributed by atoms with Crippen molar-refractivity contribution in [2.45, 2.75) is 44.8 Å². The third-order valence-electron chi connectivity index (χ3n) is 4.00. The van der Waals surface area contributed by atoms with E-state index in [9.17, 15) is 4.79 Å². The van der Waals surface area contributed by atoms with Gasteiger partial charge >= 0.3 is 0 Å². The summed E-state index contributed by atoms with van der Waals surface area (Å²) in [7, 11) is 0. The first-order valence-electron chi connectivity index (χ1n) is 6.49.